The van der Waals surface area contributed by atoms with Crippen LogP contribution in [0.5, 0.6) is 0 Å². The zero-order chi connectivity index (χ0) is 18.1. The van der Waals surface area contributed by atoms with Gasteiger partial charge < -0.3 is 20.5 Å². The van der Waals surface area contributed by atoms with E-state index in [-0.39, 0.29) is 12.2 Å². The second-order valence-corrected chi connectivity index (χ2v) is 5.48. The van der Waals surface area contributed by atoms with Crippen LogP contribution in [0, 0.1) is 12.8 Å². The lowest BCUT2D eigenvalue weighted by molar-refractivity contribution is -0.294. The molecule has 1 aromatic carbocycles. The number of benzene rings is 1. The van der Waals surface area contributed by atoms with Crippen LogP contribution < -0.4 is 10.6 Å². The number of rotatable bonds is 3. The summed E-state index contributed by atoms with van der Waals surface area (Å²) in [5.74, 6) is -3.37. The first kappa shape index (κ1) is 18.1. The van der Waals surface area contributed by atoms with Gasteiger partial charge in [0.1, 0.15) is 5.92 Å². The highest BCUT2D eigenvalue weighted by Crippen LogP contribution is 2.43. The molecule has 1 aliphatic heterocycles. The van der Waals surface area contributed by atoms with Gasteiger partial charge in [0.15, 0.2) is 0 Å². The molecular formula is C15H17F3N2O4. The number of amides is 2. The van der Waals surface area contributed by atoms with Crippen molar-refractivity contribution in [3.8, 4) is 0 Å². The number of halogens is 3. The zero-order valence-electron chi connectivity index (χ0n) is 13.0. The van der Waals surface area contributed by atoms with Crippen molar-refractivity contribution < 1.29 is 32.6 Å². The molecular weight excluding hydrogens is 329 g/mol. The lowest BCUT2D eigenvalue weighted by atomic mass is 9.82. The van der Waals surface area contributed by atoms with Crippen molar-refractivity contribution in [3.63, 3.8) is 0 Å². The fourth-order valence-corrected chi connectivity index (χ4v) is 2.59. The first-order chi connectivity index (χ1) is 11.1. The van der Waals surface area contributed by atoms with Gasteiger partial charge in [0, 0.05) is 0 Å². The van der Waals surface area contributed by atoms with E-state index in [0.717, 1.165) is 5.56 Å². The molecule has 0 saturated carbocycles. The normalized spacial score (nSPS) is 27.2. The van der Waals surface area contributed by atoms with Crippen LogP contribution in [0.3, 0.4) is 0 Å². The van der Waals surface area contributed by atoms with Crippen LogP contribution in [0.15, 0.2) is 24.3 Å². The van der Waals surface area contributed by atoms with Crippen LogP contribution in [0.1, 0.15) is 24.1 Å². The Hall–Kier alpha value is -2.29. The average molecular weight is 346 g/mol. The molecule has 3 atom stereocenters. The van der Waals surface area contributed by atoms with Crippen molar-refractivity contribution >= 4 is 12.0 Å². The van der Waals surface area contributed by atoms with Gasteiger partial charge in [-0.1, -0.05) is 29.8 Å². The first-order valence-corrected chi connectivity index (χ1v) is 7.21. The molecule has 2 amide bonds. The molecule has 2 rings (SSSR count). The quantitative estimate of drug-likeness (QED) is 0.728. The maximum Gasteiger partial charge on any atom is 0.437 e. The Morgan fingerprint density at radius 1 is 1.33 bits per heavy atom. The van der Waals surface area contributed by atoms with E-state index in [1.807, 2.05) is 0 Å². The standard InChI is InChI=1S/C15H17F3N2O4/c1-3-24-12(21)10-11(9-6-4-8(2)5-7-9)19-13(22)20-14(10,23)15(16,17)18/h4-7,10-11,23H,3H2,1-2H3,(H2,19,20,22)/t10-,11+,14+/m0/s1. The van der Waals surface area contributed by atoms with Gasteiger partial charge in [-0.15, -0.1) is 0 Å². The highest BCUT2D eigenvalue weighted by Gasteiger charge is 2.67. The monoisotopic (exact) mass is 346 g/mol. The van der Waals surface area contributed by atoms with Gasteiger partial charge in [-0.3, -0.25) is 4.79 Å². The molecule has 24 heavy (non-hydrogen) atoms. The number of esters is 1. The second kappa shape index (κ2) is 6.31. The van der Waals surface area contributed by atoms with E-state index in [0.29, 0.717) is 0 Å². The maximum absolute atomic E-state index is 13.4. The van der Waals surface area contributed by atoms with Gasteiger partial charge in [-0.2, -0.15) is 13.2 Å². The van der Waals surface area contributed by atoms with Crippen LogP contribution in [-0.2, 0) is 9.53 Å². The summed E-state index contributed by atoms with van der Waals surface area (Å²) in [5.41, 5.74) is -2.65. The Morgan fingerprint density at radius 2 is 1.92 bits per heavy atom. The molecule has 6 nitrogen and oxygen atoms in total. The predicted molar refractivity (Wildman–Crippen MR) is 76.7 cm³/mol. The molecule has 132 valence electrons. The number of ether oxygens (including phenoxy) is 1. The maximum atomic E-state index is 13.4. The molecule has 1 saturated heterocycles. The third-order valence-corrected chi connectivity index (χ3v) is 3.78. The Morgan fingerprint density at radius 3 is 2.42 bits per heavy atom. The molecule has 1 aliphatic rings. The number of hydrogen-bond acceptors (Lipinski definition) is 4. The fraction of sp³-hybridized carbons (Fsp3) is 0.467. The third kappa shape index (κ3) is 3.16. The summed E-state index contributed by atoms with van der Waals surface area (Å²) in [4.78, 5) is 23.8. The van der Waals surface area contributed by atoms with Crippen molar-refractivity contribution in [2.45, 2.75) is 31.8 Å². The number of hydrogen-bond donors (Lipinski definition) is 3. The topological polar surface area (TPSA) is 87.7 Å². The van der Waals surface area contributed by atoms with Gasteiger partial charge in [0.2, 0.25) is 0 Å². The number of carbonyl (C=O) groups is 2. The van der Waals surface area contributed by atoms with Crippen LogP contribution in [0.2, 0.25) is 0 Å². The molecule has 0 aromatic heterocycles. The number of carbonyl (C=O) groups excluding carboxylic acids is 2. The van der Waals surface area contributed by atoms with Gasteiger partial charge in [-0.25, -0.2) is 4.79 Å². The van der Waals surface area contributed by atoms with E-state index >= 15 is 0 Å². The molecule has 9 heteroatoms. The van der Waals surface area contributed by atoms with E-state index in [2.05, 4.69) is 5.32 Å². The molecule has 1 aromatic rings. The summed E-state index contributed by atoms with van der Waals surface area (Å²) >= 11 is 0. The van der Waals surface area contributed by atoms with E-state index in [4.69, 9.17) is 4.74 Å². The highest BCUT2D eigenvalue weighted by atomic mass is 19.4. The summed E-state index contributed by atoms with van der Waals surface area (Å²) in [6.07, 6.45) is -5.27. The molecule has 1 heterocycles. The lowest BCUT2D eigenvalue weighted by Crippen LogP contribution is -2.73. The van der Waals surface area contributed by atoms with E-state index in [1.165, 1.54) is 24.4 Å². The molecule has 0 radical (unpaired) electrons. The van der Waals surface area contributed by atoms with Crippen molar-refractivity contribution in [1.29, 1.82) is 0 Å². The molecule has 0 aliphatic carbocycles. The zero-order valence-corrected chi connectivity index (χ0v) is 13.0. The minimum Gasteiger partial charge on any atom is -0.466 e. The third-order valence-electron chi connectivity index (χ3n) is 3.78. The van der Waals surface area contributed by atoms with Crippen molar-refractivity contribution in [2.75, 3.05) is 6.61 Å². The molecule has 3 N–H and O–H groups in total. The van der Waals surface area contributed by atoms with E-state index in [9.17, 15) is 27.9 Å². The number of nitrogens with one attached hydrogen (secondary N) is 2. The Bertz CT molecular complexity index is 633. The fourth-order valence-electron chi connectivity index (χ4n) is 2.59. The summed E-state index contributed by atoms with van der Waals surface area (Å²) < 4.78 is 44.9. The Kier molecular flexibility index (Phi) is 4.75. The van der Waals surface area contributed by atoms with Crippen LogP contribution in [0.25, 0.3) is 0 Å². The van der Waals surface area contributed by atoms with Gasteiger partial charge in [0.05, 0.1) is 12.6 Å². The highest BCUT2D eigenvalue weighted by molar-refractivity contribution is 5.83. The average Bonchev–Trinajstić information content (AvgIpc) is 2.46. The molecule has 0 unspecified atom stereocenters. The number of aliphatic hydroxyl groups is 1. The minimum absolute atomic E-state index is 0.169. The Balaban J connectivity index is 2.55. The second-order valence-electron chi connectivity index (χ2n) is 5.48. The van der Waals surface area contributed by atoms with Crippen molar-refractivity contribution in [3.05, 3.63) is 35.4 Å². The van der Waals surface area contributed by atoms with E-state index in [1.54, 1.807) is 19.1 Å². The summed E-state index contributed by atoms with van der Waals surface area (Å²) in [6, 6.07) is 3.57. The largest absolute Gasteiger partial charge is 0.466 e. The number of urea groups is 1. The van der Waals surface area contributed by atoms with E-state index < -0.39 is 35.9 Å². The van der Waals surface area contributed by atoms with Crippen LogP contribution in [-0.4, -0.2) is 35.6 Å². The minimum atomic E-state index is -5.27. The number of alkyl halides is 3. The van der Waals surface area contributed by atoms with Gasteiger partial charge >= 0.3 is 18.2 Å². The summed E-state index contributed by atoms with van der Waals surface area (Å²) in [7, 11) is 0. The van der Waals surface area contributed by atoms with Crippen molar-refractivity contribution in [1.82, 2.24) is 10.6 Å². The lowest BCUT2D eigenvalue weighted by Gasteiger charge is -2.44. The first-order valence-electron chi connectivity index (χ1n) is 7.21. The van der Waals surface area contributed by atoms with Gasteiger partial charge in [-0.05, 0) is 19.4 Å². The van der Waals surface area contributed by atoms with Crippen LogP contribution in [0.4, 0.5) is 18.0 Å². The summed E-state index contributed by atoms with van der Waals surface area (Å²) in [5, 5.41) is 13.8. The molecule has 0 spiro atoms. The SMILES string of the molecule is CCOC(=O)[C@@H]1[C@@H](c2ccc(C)cc2)NC(=O)N[C@]1(O)C(F)(F)F. The van der Waals surface area contributed by atoms with Crippen LogP contribution >= 0.6 is 0 Å². The predicted octanol–water partition coefficient (Wildman–Crippen LogP) is 1.78. The van der Waals surface area contributed by atoms with Crippen molar-refractivity contribution in [2.24, 2.45) is 5.92 Å². The summed E-state index contributed by atoms with van der Waals surface area (Å²) in [6.45, 7) is 3.04. The Labute approximate surface area is 136 Å². The van der Waals surface area contributed by atoms with Gasteiger partial charge in [0.25, 0.3) is 5.72 Å². The smallest absolute Gasteiger partial charge is 0.437 e. The number of aryl methyl sites for hydroxylation is 1. The molecule has 0 bridgehead atoms. The molecule has 1 fully saturated rings.